The van der Waals surface area contributed by atoms with Gasteiger partial charge in [-0.25, -0.2) is 0 Å². The quantitative estimate of drug-likeness (QED) is 0.848. The van der Waals surface area contributed by atoms with E-state index in [-0.39, 0.29) is 6.61 Å². The fourth-order valence-electron chi connectivity index (χ4n) is 2.01. The fourth-order valence-corrected chi connectivity index (χ4v) is 2.39. The predicted octanol–water partition coefficient (Wildman–Crippen LogP) is 2.02. The van der Waals surface area contributed by atoms with Crippen molar-refractivity contribution < 1.29 is 5.11 Å². The maximum absolute atomic E-state index is 8.97. The molecule has 14 heavy (non-hydrogen) atoms. The SMILES string of the molecule is OCC[C@@H]1CNCc2ccc(Br)cc21. The van der Waals surface area contributed by atoms with Crippen molar-refractivity contribution in [2.24, 2.45) is 0 Å². The van der Waals surface area contributed by atoms with Gasteiger partial charge < -0.3 is 10.4 Å². The standard InChI is InChI=1S/C11H14BrNO/c12-10-2-1-8-6-13-7-9(3-4-14)11(8)5-10/h1-2,5,9,13-14H,3-4,6-7H2/t9-/m1/s1. The van der Waals surface area contributed by atoms with Crippen molar-refractivity contribution in [1.29, 1.82) is 0 Å². The van der Waals surface area contributed by atoms with Gasteiger partial charge in [0.05, 0.1) is 0 Å². The summed E-state index contributed by atoms with van der Waals surface area (Å²) in [5, 5.41) is 12.3. The summed E-state index contributed by atoms with van der Waals surface area (Å²) in [6, 6.07) is 6.40. The third kappa shape index (κ3) is 2.00. The molecule has 1 aliphatic heterocycles. The van der Waals surface area contributed by atoms with E-state index < -0.39 is 0 Å². The topological polar surface area (TPSA) is 32.3 Å². The van der Waals surface area contributed by atoms with Gasteiger partial charge in [0.25, 0.3) is 0 Å². The average Bonchev–Trinajstić information content (AvgIpc) is 2.19. The molecule has 0 spiro atoms. The molecule has 76 valence electrons. The van der Waals surface area contributed by atoms with Crippen molar-refractivity contribution in [2.75, 3.05) is 13.2 Å². The van der Waals surface area contributed by atoms with Crippen LogP contribution >= 0.6 is 15.9 Å². The minimum absolute atomic E-state index is 0.262. The molecule has 0 saturated carbocycles. The number of hydrogen-bond donors (Lipinski definition) is 2. The number of halogens is 1. The highest BCUT2D eigenvalue weighted by molar-refractivity contribution is 9.10. The lowest BCUT2D eigenvalue weighted by atomic mass is 9.89. The number of aliphatic hydroxyl groups excluding tert-OH is 1. The van der Waals surface area contributed by atoms with Crippen molar-refractivity contribution in [3.8, 4) is 0 Å². The third-order valence-electron chi connectivity index (χ3n) is 2.73. The molecular weight excluding hydrogens is 242 g/mol. The number of fused-ring (bicyclic) bond motifs is 1. The summed E-state index contributed by atoms with van der Waals surface area (Å²) in [4.78, 5) is 0. The monoisotopic (exact) mass is 255 g/mol. The largest absolute Gasteiger partial charge is 0.396 e. The van der Waals surface area contributed by atoms with Crippen molar-refractivity contribution in [3.05, 3.63) is 33.8 Å². The summed E-state index contributed by atoms with van der Waals surface area (Å²) < 4.78 is 1.13. The van der Waals surface area contributed by atoms with E-state index in [2.05, 4.69) is 39.4 Å². The predicted molar refractivity (Wildman–Crippen MR) is 60.3 cm³/mol. The molecule has 0 bridgehead atoms. The lowest BCUT2D eigenvalue weighted by Crippen LogP contribution is -2.28. The number of benzene rings is 1. The zero-order valence-electron chi connectivity index (χ0n) is 7.96. The number of hydrogen-bond acceptors (Lipinski definition) is 2. The first-order chi connectivity index (χ1) is 6.81. The van der Waals surface area contributed by atoms with Crippen LogP contribution < -0.4 is 5.32 Å². The van der Waals surface area contributed by atoms with Gasteiger partial charge >= 0.3 is 0 Å². The van der Waals surface area contributed by atoms with Gasteiger partial charge in [0, 0.05) is 24.2 Å². The molecular formula is C11H14BrNO. The van der Waals surface area contributed by atoms with Gasteiger partial charge in [0.2, 0.25) is 0 Å². The van der Waals surface area contributed by atoms with Crippen LogP contribution in [0.2, 0.25) is 0 Å². The minimum Gasteiger partial charge on any atom is -0.396 e. The van der Waals surface area contributed by atoms with Crippen molar-refractivity contribution in [2.45, 2.75) is 18.9 Å². The molecule has 1 atom stereocenters. The number of aliphatic hydroxyl groups is 1. The van der Waals surface area contributed by atoms with Crippen LogP contribution in [-0.4, -0.2) is 18.3 Å². The lowest BCUT2D eigenvalue weighted by Gasteiger charge is -2.26. The average molecular weight is 256 g/mol. The van der Waals surface area contributed by atoms with Crippen LogP contribution in [0.1, 0.15) is 23.5 Å². The molecule has 0 aliphatic carbocycles. The maximum Gasteiger partial charge on any atom is 0.0437 e. The van der Waals surface area contributed by atoms with E-state index in [0.29, 0.717) is 5.92 Å². The Morgan fingerprint density at radius 3 is 3.14 bits per heavy atom. The Balaban J connectivity index is 2.32. The summed E-state index contributed by atoms with van der Waals surface area (Å²) in [5.74, 6) is 0.459. The van der Waals surface area contributed by atoms with Crippen LogP contribution in [0, 0.1) is 0 Å². The second-order valence-corrected chi connectivity index (χ2v) is 4.60. The Kier molecular flexibility index (Phi) is 3.21. The second-order valence-electron chi connectivity index (χ2n) is 3.68. The van der Waals surface area contributed by atoms with E-state index in [1.54, 1.807) is 0 Å². The van der Waals surface area contributed by atoms with E-state index in [1.807, 2.05) is 0 Å². The summed E-state index contributed by atoms with van der Waals surface area (Å²) >= 11 is 3.49. The lowest BCUT2D eigenvalue weighted by molar-refractivity contribution is 0.271. The second kappa shape index (κ2) is 4.43. The first-order valence-corrected chi connectivity index (χ1v) is 5.70. The summed E-state index contributed by atoms with van der Waals surface area (Å²) in [7, 11) is 0. The zero-order chi connectivity index (χ0) is 9.97. The summed E-state index contributed by atoms with van der Waals surface area (Å²) in [6.07, 6.45) is 0.844. The van der Waals surface area contributed by atoms with Crippen molar-refractivity contribution >= 4 is 15.9 Å². The molecule has 0 saturated heterocycles. The summed E-state index contributed by atoms with van der Waals surface area (Å²) in [5.41, 5.74) is 2.74. The molecule has 2 nitrogen and oxygen atoms in total. The van der Waals surface area contributed by atoms with Crippen LogP contribution in [0.3, 0.4) is 0 Å². The van der Waals surface area contributed by atoms with Crippen molar-refractivity contribution in [3.63, 3.8) is 0 Å². The Morgan fingerprint density at radius 1 is 1.50 bits per heavy atom. The highest BCUT2D eigenvalue weighted by Crippen LogP contribution is 2.28. The van der Waals surface area contributed by atoms with E-state index >= 15 is 0 Å². The number of nitrogens with one attached hydrogen (secondary N) is 1. The number of rotatable bonds is 2. The smallest absolute Gasteiger partial charge is 0.0437 e. The molecule has 1 aromatic rings. The molecule has 1 aromatic carbocycles. The Morgan fingerprint density at radius 2 is 2.36 bits per heavy atom. The molecule has 3 heteroatoms. The molecule has 1 heterocycles. The molecule has 2 N–H and O–H groups in total. The first kappa shape index (κ1) is 10.1. The molecule has 2 rings (SSSR count). The van der Waals surface area contributed by atoms with Crippen LogP contribution in [0.25, 0.3) is 0 Å². The fraction of sp³-hybridized carbons (Fsp3) is 0.455. The van der Waals surface area contributed by atoms with E-state index in [4.69, 9.17) is 5.11 Å². The highest BCUT2D eigenvalue weighted by atomic mass is 79.9. The van der Waals surface area contributed by atoms with E-state index in [0.717, 1.165) is 24.0 Å². The molecule has 0 aromatic heterocycles. The van der Waals surface area contributed by atoms with E-state index in [9.17, 15) is 0 Å². The van der Waals surface area contributed by atoms with Gasteiger partial charge in [-0.1, -0.05) is 22.0 Å². The molecule has 0 fully saturated rings. The Bertz CT molecular complexity index is 327. The van der Waals surface area contributed by atoms with Crippen LogP contribution in [0.5, 0.6) is 0 Å². The van der Waals surface area contributed by atoms with Gasteiger partial charge in [-0.05, 0) is 35.6 Å². The van der Waals surface area contributed by atoms with Gasteiger partial charge in [-0.15, -0.1) is 0 Å². The van der Waals surface area contributed by atoms with Crippen LogP contribution in [0.4, 0.5) is 0 Å². The highest BCUT2D eigenvalue weighted by Gasteiger charge is 2.19. The van der Waals surface area contributed by atoms with Gasteiger partial charge in [0.15, 0.2) is 0 Å². The Labute approximate surface area is 92.5 Å². The van der Waals surface area contributed by atoms with Crippen LogP contribution in [0.15, 0.2) is 22.7 Å². The molecule has 0 unspecified atom stereocenters. The first-order valence-electron chi connectivity index (χ1n) is 4.91. The van der Waals surface area contributed by atoms with Gasteiger partial charge in [-0.3, -0.25) is 0 Å². The van der Waals surface area contributed by atoms with Gasteiger partial charge in [0.1, 0.15) is 0 Å². The van der Waals surface area contributed by atoms with Gasteiger partial charge in [-0.2, -0.15) is 0 Å². The maximum atomic E-state index is 8.97. The molecule has 0 amide bonds. The minimum atomic E-state index is 0.262. The zero-order valence-corrected chi connectivity index (χ0v) is 9.55. The normalized spacial score (nSPS) is 20.6. The van der Waals surface area contributed by atoms with Crippen molar-refractivity contribution in [1.82, 2.24) is 5.32 Å². The Hall–Kier alpha value is -0.380. The molecule has 0 radical (unpaired) electrons. The molecule has 1 aliphatic rings. The van der Waals surface area contributed by atoms with Crippen LogP contribution in [-0.2, 0) is 6.54 Å². The van der Waals surface area contributed by atoms with E-state index in [1.165, 1.54) is 11.1 Å². The third-order valence-corrected chi connectivity index (χ3v) is 3.22. The summed E-state index contributed by atoms with van der Waals surface area (Å²) in [6.45, 7) is 2.19.